The molecule has 1 amide bonds. The SMILES string of the molecule is COc1ccc2c(c1)C[C@@H]1[C@@H]3CCCC[C@]23CCN1C(=O)C1CCCCC1. The van der Waals surface area contributed by atoms with Gasteiger partial charge in [0, 0.05) is 23.9 Å². The number of hydrogen-bond acceptors (Lipinski definition) is 2. The Morgan fingerprint density at radius 3 is 2.70 bits per heavy atom. The summed E-state index contributed by atoms with van der Waals surface area (Å²) in [5.41, 5.74) is 3.33. The van der Waals surface area contributed by atoms with Crippen LogP contribution in [0.25, 0.3) is 0 Å². The fraction of sp³-hybridized carbons (Fsp3) is 0.708. The first-order chi connectivity index (χ1) is 13.2. The Balaban J connectivity index is 1.51. The summed E-state index contributed by atoms with van der Waals surface area (Å²) >= 11 is 0. The van der Waals surface area contributed by atoms with Crippen molar-refractivity contribution in [3.8, 4) is 5.75 Å². The van der Waals surface area contributed by atoms with Crippen molar-refractivity contribution in [2.45, 2.75) is 82.1 Å². The van der Waals surface area contributed by atoms with Crippen LogP contribution < -0.4 is 4.74 Å². The van der Waals surface area contributed by atoms with Gasteiger partial charge in [-0.05, 0) is 67.7 Å². The number of piperidine rings is 1. The fourth-order valence-electron chi connectivity index (χ4n) is 7.00. The summed E-state index contributed by atoms with van der Waals surface area (Å²) < 4.78 is 5.53. The van der Waals surface area contributed by atoms with Crippen molar-refractivity contribution in [1.82, 2.24) is 4.90 Å². The van der Waals surface area contributed by atoms with Crippen molar-refractivity contribution in [1.29, 1.82) is 0 Å². The summed E-state index contributed by atoms with van der Waals surface area (Å²) in [7, 11) is 1.76. The zero-order chi connectivity index (χ0) is 18.4. The first-order valence-electron chi connectivity index (χ1n) is 11.2. The zero-order valence-electron chi connectivity index (χ0n) is 16.7. The predicted molar refractivity (Wildman–Crippen MR) is 107 cm³/mol. The van der Waals surface area contributed by atoms with E-state index in [2.05, 4.69) is 23.1 Å². The van der Waals surface area contributed by atoms with Crippen LogP contribution in [0.2, 0.25) is 0 Å². The molecule has 4 aliphatic rings. The maximum Gasteiger partial charge on any atom is 0.225 e. The molecule has 1 saturated heterocycles. The van der Waals surface area contributed by atoms with E-state index in [4.69, 9.17) is 4.74 Å². The first-order valence-corrected chi connectivity index (χ1v) is 11.2. The van der Waals surface area contributed by atoms with E-state index in [0.717, 1.165) is 38.0 Å². The van der Waals surface area contributed by atoms with Crippen LogP contribution in [0, 0.1) is 11.8 Å². The van der Waals surface area contributed by atoms with E-state index in [0.29, 0.717) is 29.2 Å². The molecule has 2 saturated carbocycles. The Hall–Kier alpha value is -1.51. The fourth-order valence-corrected chi connectivity index (χ4v) is 7.00. The monoisotopic (exact) mass is 367 g/mol. The minimum atomic E-state index is 0.293. The summed E-state index contributed by atoms with van der Waals surface area (Å²) in [6.07, 6.45) is 13.5. The number of benzene rings is 1. The zero-order valence-corrected chi connectivity index (χ0v) is 16.7. The Labute approximate surface area is 163 Å². The third-order valence-corrected chi connectivity index (χ3v) is 8.28. The normalized spacial score (nSPS) is 33.1. The van der Waals surface area contributed by atoms with E-state index in [1.165, 1.54) is 50.5 Å². The number of amides is 1. The van der Waals surface area contributed by atoms with Crippen LogP contribution in [0.5, 0.6) is 5.75 Å². The third-order valence-electron chi connectivity index (χ3n) is 8.28. The number of hydrogen-bond donors (Lipinski definition) is 0. The summed E-state index contributed by atoms with van der Waals surface area (Å²) in [4.78, 5) is 15.8. The molecule has 0 spiro atoms. The summed E-state index contributed by atoms with van der Waals surface area (Å²) in [6, 6.07) is 7.16. The average Bonchev–Trinajstić information content (AvgIpc) is 2.73. The average molecular weight is 368 g/mol. The number of carbonyl (C=O) groups is 1. The molecule has 1 aromatic carbocycles. The molecule has 146 valence electrons. The van der Waals surface area contributed by atoms with Crippen molar-refractivity contribution < 1.29 is 9.53 Å². The Morgan fingerprint density at radius 2 is 1.89 bits per heavy atom. The van der Waals surface area contributed by atoms with Gasteiger partial charge in [0.2, 0.25) is 5.91 Å². The molecular formula is C24H33NO2. The van der Waals surface area contributed by atoms with Crippen LogP contribution in [0.15, 0.2) is 18.2 Å². The van der Waals surface area contributed by atoms with Crippen LogP contribution in [0.1, 0.15) is 75.3 Å². The molecule has 1 aliphatic heterocycles. The standard InChI is InChI=1S/C24H33NO2/c1-27-19-10-11-20-18(15-19)16-22-21-9-5-6-12-24(20,21)13-14-25(22)23(26)17-7-3-2-4-8-17/h10-11,15,17,21-22H,2-9,12-14,16H2,1H3/t21-,22+,24-/m0/s1. The van der Waals surface area contributed by atoms with Gasteiger partial charge in [-0.25, -0.2) is 0 Å². The lowest BCUT2D eigenvalue weighted by Gasteiger charge is -2.59. The van der Waals surface area contributed by atoms with Crippen molar-refractivity contribution in [2.75, 3.05) is 13.7 Å². The van der Waals surface area contributed by atoms with Gasteiger partial charge >= 0.3 is 0 Å². The highest BCUT2D eigenvalue weighted by atomic mass is 16.5. The van der Waals surface area contributed by atoms with E-state index >= 15 is 0 Å². The number of methoxy groups -OCH3 is 1. The van der Waals surface area contributed by atoms with E-state index in [1.54, 1.807) is 12.7 Å². The molecule has 0 N–H and O–H groups in total. The minimum absolute atomic E-state index is 0.293. The molecule has 0 unspecified atom stereocenters. The van der Waals surface area contributed by atoms with Crippen molar-refractivity contribution >= 4 is 5.91 Å². The topological polar surface area (TPSA) is 29.5 Å². The molecule has 0 aromatic heterocycles. The largest absolute Gasteiger partial charge is 0.497 e. The smallest absolute Gasteiger partial charge is 0.225 e. The number of likely N-dealkylation sites (tertiary alicyclic amines) is 1. The Kier molecular flexibility index (Phi) is 4.44. The molecule has 3 heteroatoms. The van der Waals surface area contributed by atoms with Crippen LogP contribution in [-0.2, 0) is 16.6 Å². The van der Waals surface area contributed by atoms with Crippen LogP contribution in [0.3, 0.4) is 0 Å². The van der Waals surface area contributed by atoms with Crippen molar-refractivity contribution in [3.05, 3.63) is 29.3 Å². The van der Waals surface area contributed by atoms with Crippen LogP contribution >= 0.6 is 0 Å². The molecule has 3 fully saturated rings. The van der Waals surface area contributed by atoms with E-state index in [1.807, 2.05) is 0 Å². The molecule has 5 rings (SSSR count). The van der Waals surface area contributed by atoms with E-state index < -0.39 is 0 Å². The first kappa shape index (κ1) is 17.6. The minimum Gasteiger partial charge on any atom is -0.497 e. The molecule has 0 radical (unpaired) electrons. The third kappa shape index (κ3) is 2.72. The number of ether oxygens (including phenoxy) is 1. The van der Waals surface area contributed by atoms with Gasteiger partial charge in [0.25, 0.3) is 0 Å². The predicted octanol–water partition coefficient (Wildman–Crippen LogP) is 4.86. The maximum absolute atomic E-state index is 13.5. The Bertz CT molecular complexity index is 723. The highest BCUT2D eigenvalue weighted by Crippen LogP contribution is 2.56. The molecule has 1 aromatic rings. The number of rotatable bonds is 2. The van der Waals surface area contributed by atoms with Gasteiger partial charge in [-0.15, -0.1) is 0 Å². The number of nitrogens with zero attached hydrogens (tertiary/aromatic N) is 1. The quantitative estimate of drug-likeness (QED) is 0.747. The van der Waals surface area contributed by atoms with Crippen molar-refractivity contribution in [3.63, 3.8) is 0 Å². The second-order valence-electron chi connectivity index (χ2n) is 9.42. The summed E-state index contributed by atoms with van der Waals surface area (Å²) in [5.74, 6) is 2.39. The molecule has 27 heavy (non-hydrogen) atoms. The lowest BCUT2D eigenvalue weighted by molar-refractivity contribution is -0.146. The van der Waals surface area contributed by atoms with Gasteiger partial charge in [0.15, 0.2) is 0 Å². The van der Waals surface area contributed by atoms with E-state index in [-0.39, 0.29) is 0 Å². The lowest BCUT2D eigenvalue weighted by atomic mass is 9.52. The van der Waals surface area contributed by atoms with E-state index in [9.17, 15) is 4.79 Å². The highest BCUT2D eigenvalue weighted by Gasteiger charge is 2.55. The van der Waals surface area contributed by atoms with Gasteiger partial charge in [0.05, 0.1) is 7.11 Å². The van der Waals surface area contributed by atoms with Crippen LogP contribution in [-0.4, -0.2) is 30.5 Å². The molecule has 3 atom stereocenters. The maximum atomic E-state index is 13.5. The molecule has 1 heterocycles. The van der Waals surface area contributed by atoms with Crippen molar-refractivity contribution in [2.24, 2.45) is 11.8 Å². The lowest BCUT2D eigenvalue weighted by Crippen LogP contribution is -2.63. The second kappa shape index (κ2) is 6.83. The Morgan fingerprint density at radius 1 is 1.07 bits per heavy atom. The van der Waals surface area contributed by atoms with Gasteiger partial charge in [-0.1, -0.05) is 38.2 Å². The molecule has 3 nitrogen and oxygen atoms in total. The summed E-state index contributed by atoms with van der Waals surface area (Å²) in [6.45, 7) is 0.974. The van der Waals surface area contributed by atoms with Gasteiger partial charge in [-0.3, -0.25) is 4.79 Å². The summed E-state index contributed by atoms with van der Waals surface area (Å²) in [5, 5.41) is 0. The number of carbonyl (C=O) groups excluding carboxylic acids is 1. The second-order valence-corrected chi connectivity index (χ2v) is 9.42. The number of fused-ring (bicyclic) bond motifs is 1. The van der Waals surface area contributed by atoms with Crippen LogP contribution in [0.4, 0.5) is 0 Å². The molecule has 3 aliphatic carbocycles. The van der Waals surface area contributed by atoms with Gasteiger partial charge in [0.1, 0.15) is 5.75 Å². The molecule has 2 bridgehead atoms. The van der Waals surface area contributed by atoms with Gasteiger partial charge in [-0.2, -0.15) is 0 Å². The highest BCUT2D eigenvalue weighted by molar-refractivity contribution is 5.79. The molecular weight excluding hydrogens is 334 g/mol. The van der Waals surface area contributed by atoms with Gasteiger partial charge < -0.3 is 9.64 Å².